The minimum atomic E-state index is -1.24. The molecule has 1 aliphatic rings. The van der Waals surface area contributed by atoms with Crippen LogP contribution in [0.25, 0.3) is 22.3 Å². The first-order valence-corrected chi connectivity index (χ1v) is 18.1. The fourth-order valence-electron chi connectivity index (χ4n) is 7.56. The van der Waals surface area contributed by atoms with E-state index in [0.29, 0.717) is 11.1 Å². The third-order valence-electron chi connectivity index (χ3n) is 10.3. The van der Waals surface area contributed by atoms with Crippen LogP contribution in [0, 0.1) is 5.92 Å². The van der Waals surface area contributed by atoms with Gasteiger partial charge in [0.25, 0.3) is 0 Å². The zero-order valence-electron chi connectivity index (χ0n) is 31.6. The van der Waals surface area contributed by atoms with Crippen molar-refractivity contribution in [2.45, 2.75) is 65.7 Å². The lowest BCUT2D eigenvalue weighted by Gasteiger charge is -2.37. The average Bonchev–Trinajstić information content (AvgIpc) is 3.10. The number of phenols is 8. The van der Waals surface area contributed by atoms with Gasteiger partial charge in [0, 0.05) is 53.1 Å². The lowest BCUT2D eigenvalue weighted by Crippen LogP contribution is -2.32. The lowest BCUT2D eigenvalue weighted by molar-refractivity contribution is 0.0876. The van der Waals surface area contributed by atoms with Gasteiger partial charge in [-0.25, -0.2) is 0 Å². The summed E-state index contributed by atoms with van der Waals surface area (Å²) in [5, 5.41) is 87.4. The molecule has 1 aromatic heterocycles. The Morgan fingerprint density at radius 3 is 2.04 bits per heavy atom. The number of Topliss-reactive ketones (excluding diaryl/α,β-unsaturated/α-hetero) is 1. The summed E-state index contributed by atoms with van der Waals surface area (Å²) in [4.78, 5) is 29.5. The highest BCUT2D eigenvalue weighted by atomic mass is 16.3. The van der Waals surface area contributed by atoms with Gasteiger partial charge in [0.15, 0.2) is 5.78 Å². The number of carbonyl (C=O) groups excluding carboxylic acids is 1. The third-order valence-corrected chi connectivity index (χ3v) is 10.3. The molecule has 56 heavy (non-hydrogen) atoms. The maximum atomic E-state index is 15.0. The number of ketones is 1. The first-order valence-electron chi connectivity index (χ1n) is 18.1. The molecule has 8 N–H and O–H groups in total. The van der Waals surface area contributed by atoms with Gasteiger partial charge >= 0.3 is 0 Å². The maximum Gasteiger partial charge on any atom is 0.200 e. The second-order valence-corrected chi connectivity index (χ2v) is 14.9. The molecule has 1 aliphatic carbocycles. The number of aromatic hydroxyl groups is 8. The first-order chi connectivity index (χ1) is 26.5. The molecule has 3 atom stereocenters. The van der Waals surface area contributed by atoms with Crippen LogP contribution >= 0.6 is 0 Å². The van der Waals surface area contributed by atoms with Crippen molar-refractivity contribution in [2.24, 2.45) is 5.92 Å². The summed E-state index contributed by atoms with van der Waals surface area (Å²) in [6, 6.07) is 11.4. The fraction of sp³-hybridized carbons (Fsp3) is 0.244. The maximum absolute atomic E-state index is 15.0. The molecule has 0 aliphatic heterocycles. The fourth-order valence-corrected chi connectivity index (χ4v) is 7.56. The molecule has 5 aromatic rings. The Morgan fingerprint density at radius 2 is 1.39 bits per heavy atom. The van der Waals surface area contributed by atoms with Crippen LogP contribution in [0.5, 0.6) is 46.0 Å². The van der Waals surface area contributed by atoms with Crippen LogP contribution in [0.15, 0.2) is 98.8 Å². The SMILES string of the molecule is CC(C)=CCc1cc(C(=O)[C@@H]2[C@@H](c3c(O)cc4oc(-c5ccc(O)cc5O)c(CC=C(C)C)c(=O)c4c3O)C=C(C)C[C@H]2c2ccc(O)cc2O)c(O)cc1O. The van der Waals surface area contributed by atoms with Crippen molar-refractivity contribution >= 4 is 16.8 Å². The molecule has 4 aromatic carbocycles. The molecule has 0 bridgehead atoms. The third kappa shape index (κ3) is 7.40. The number of fused-ring (bicyclic) bond motifs is 1. The Bertz CT molecular complexity index is 2550. The van der Waals surface area contributed by atoms with Crippen molar-refractivity contribution in [1.29, 1.82) is 0 Å². The Kier molecular flexibility index (Phi) is 10.6. The van der Waals surface area contributed by atoms with Gasteiger partial charge in [-0.2, -0.15) is 0 Å². The van der Waals surface area contributed by atoms with Crippen molar-refractivity contribution in [3.63, 3.8) is 0 Å². The van der Waals surface area contributed by atoms with Gasteiger partial charge in [-0.05, 0) is 89.3 Å². The highest BCUT2D eigenvalue weighted by Gasteiger charge is 2.44. The van der Waals surface area contributed by atoms with E-state index in [9.17, 15) is 50.4 Å². The van der Waals surface area contributed by atoms with Gasteiger partial charge in [-0.15, -0.1) is 0 Å². The summed E-state index contributed by atoms with van der Waals surface area (Å²) < 4.78 is 6.19. The minimum absolute atomic E-state index is 0.0346. The topological polar surface area (TPSA) is 209 Å². The normalized spacial score (nSPS) is 16.7. The molecule has 290 valence electrons. The minimum Gasteiger partial charge on any atom is -0.508 e. The highest BCUT2D eigenvalue weighted by molar-refractivity contribution is 6.02. The van der Waals surface area contributed by atoms with E-state index in [1.807, 2.05) is 33.8 Å². The molecule has 0 unspecified atom stereocenters. The summed E-state index contributed by atoms with van der Waals surface area (Å²) in [5.74, 6) is -6.94. The largest absolute Gasteiger partial charge is 0.508 e. The molecule has 11 heteroatoms. The van der Waals surface area contributed by atoms with E-state index in [1.165, 1.54) is 30.3 Å². The molecule has 0 saturated carbocycles. The second-order valence-electron chi connectivity index (χ2n) is 14.9. The van der Waals surface area contributed by atoms with Gasteiger partial charge in [-0.1, -0.05) is 41.0 Å². The standard InChI is InChI=1S/C45H44O11/c1-21(2)6-8-24-16-31(36(51)19-33(24)48)43(54)39-30(27-12-9-25(46)17-34(27)49)14-23(5)15-32(39)40-37(52)20-38-41(44(40)55)42(53)29(11-7-22(3)4)45(56-38)28-13-10-26(47)18-35(28)50/h6-7,9-10,12-13,15-20,30,32,39,46-52,55H,8,11,14H2,1-5H3/t30-,32-,39-/m0/s1. The number of hydrogen-bond acceptors (Lipinski definition) is 11. The number of rotatable bonds is 9. The Balaban J connectivity index is 1.63. The molecule has 1 heterocycles. The number of carbonyl (C=O) groups is 1. The summed E-state index contributed by atoms with van der Waals surface area (Å²) in [6.45, 7) is 9.21. The molecule has 11 nitrogen and oxygen atoms in total. The van der Waals surface area contributed by atoms with Crippen LogP contribution in [-0.4, -0.2) is 46.6 Å². The smallest absolute Gasteiger partial charge is 0.200 e. The summed E-state index contributed by atoms with van der Waals surface area (Å²) in [6.07, 6.45) is 5.82. The highest BCUT2D eigenvalue weighted by Crippen LogP contribution is 2.54. The van der Waals surface area contributed by atoms with E-state index in [2.05, 4.69) is 0 Å². The van der Waals surface area contributed by atoms with Crippen LogP contribution in [0.3, 0.4) is 0 Å². The average molecular weight is 761 g/mol. The van der Waals surface area contributed by atoms with Crippen LogP contribution in [0.2, 0.25) is 0 Å². The zero-order chi connectivity index (χ0) is 40.7. The van der Waals surface area contributed by atoms with E-state index in [-0.39, 0.29) is 92.6 Å². The molecule has 0 saturated heterocycles. The zero-order valence-corrected chi connectivity index (χ0v) is 31.6. The summed E-state index contributed by atoms with van der Waals surface area (Å²) >= 11 is 0. The van der Waals surface area contributed by atoms with E-state index in [4.69, 9.17) is 4.42 Å². The van der Waals surface area contributed by atoms with E-state index in [0.717, 1.165) is 35.4 Å². The van der Waals surface area contributed by atoms with Crippen molar-refractivity contribution in [2.75, 3.05) is 0 Å². The Labute approximate surface area is 322 Å². The molecular weight excluding hydrogens is 716 g/mol. The predicted octanol–water partition coefficient (Wildman–Crippen LogP) is 8.84. The van der Waals surface area contributed by atoms with Crippen LogP contribution in [0.1, 0.15) is 85.5 Å². The summed E-state index contributed by atoms with van der Waals surface area (Å²) in [5.41, 5.74) is 2.14. The molecule has 0 amide bonds. The van der Waals surface area contributed by atoms with E-state index < -0.39 is 46.2 Å². The molecule has 0 fully saturated rings. The van der Waals surface area contributed by atoms with Crippen LogP contribution in [-0.2, 0) is 12.8 Å². The van der Waals surface area contributed by atoms with Gasteiger partial charge in [-0.3, -0.25) is 9.59 Å². The number of hydrogen-bond donors (Lipinski definition) is 8. The van der Waals surface area contributed by atoms with Crippen molar-refractivity contribution in [3.8, 4) is 57.3 Å². The number of benzene rings is 4. The number of phenolic OH excluding ortho intramolecular Hbond substituents is 8. The van der Waals surface area contributed by atoms with Gasteiger partial charge in [0.1, 0.15) is 62.7 Å². The van der Waals surface area contributed by atoms with Gasteiger partial charge in [0.05, 0.1) is 11.1 Å². The molecular formula is C45H44O11. The first kappa shape index (κ1) is 39.1. The van der Waals surface area contributed by atoms with Crippen molar-refractivity contribution in [1.82, 2.24) is 0 Å². The monoisotopic (exact) mass is 760 g/mol. The quantitative estimate of drug-likeness (QED) is 0.0526. The lowest BCUT2D eigenvalue weighted by atomic mass is 9.65. The van der Waals surface area contributed by atoms with Gasteiger partial charge in [0.2, 0.25) is 5.43 Å². The molecule has 6 rings (SSSR count). The van der Waals surface area contributed by atoms with E-state index >= 15 is 0 Å². The molecule has 0 radical (unpaired) electrons. The van der Waals surface area contributed by atoms with Crippen LogP contribution < -0.4 is 5.43 Å². The van der Waals surface area contributed by atoms with Crippen LogP contribution in [0.4, 0.5) is 0 Å². The van der Waals surface area contributed by atoms with Crippen molar-refractivity contribution in [3.05, 3.63) is 128 Å². The molecule has 0 spiro atoms. The van der Waals surface area contributed by atoms with Gasteiger partial charge < -0.3 is 45.3 Å². The Morgan fingerprint density at radius 1 is 0.750 bits per heavy atom. The van der Waals surface area contributed by atoms with E-state index in [1.54, 1.807) is 19.1 Å². The Hall–Kier alpha value is -6.62. The second kappa shape index (κ2) is 15.3. The predicted molar refractivity (Wildman–Crippen MR) is 212 cm³/mol. The number of allylic oxidation sites excluding steroid dienone is 6. The van der Waals surface area contributed by atoms with Crippen molar-refractivity contribution < 1.29 is 50.1 Å². The summed E-state index contributed by atoms with van der Waals surface area (Å²) in [7, 11) is 0.